The van der Waals surface area contributed by atoms with Crippen molar-refractivity contribution in [1.82, 2.24) is 15.3 Å². The van der Waals surface area contributed by atoms with E-state index in [2.05, 4.69) is 27.8 Å². The summed E-state index contributed by atoms with van der Waals surface area (Å²) in [5, 5.41) is 16.5. The number of fused-ring (bicyclic) bond motifs is 2. The van der Waals surface area contributed by atoms with Crippen LogP contribution in [0, 0.1) is 0 Å². The fourth-order valence-corrected chi connectivity index (χ4v) is 4.43. The maximum absolute atomic E-state index is 12.5. The van der Waals surface area contributed by atoms with E-state index in [4.69, 9.17) is 4.98 Å². The molecule has 1 aliphatic rings. The summed E-state index contributed by atoms with van der Waals surface area (Å²) in [4.78, 5) is 33.0. The van der Waals surface area contributed by atoms with Crippen LogP contribution in [0.3, 0.4) is 0 Å². The maximum atomic E-state index is 12.5. The van der Waals surface area contributed by atoms with Gasteiger partial charge in [-0.25, -0.2) is 4.98 Å². The molecule has 0 spiro atoms. The second-order valence-corrected chi connectivity index (χ2v) is 8.93. The molecule has 7 heteroatoms. The summed E-state index contributed by atoms with van der Waals surface area (Å²) in [6.45, 7) is 0.996. The molecule has 1 atom stereocenters. The van der Waals surface area contributed by atoms with Gasteiger partial charge in [0.25, 0.3) is 0 Å². The minimum Gasteiger partial charge on any atom is -0.481 e. The number of nitrogens with one attached hydrogen (secondary N) is 2. The van der Waals surface area contributed by atoms with Crippen molar-refractivity contribution in [2.24, 2.45) is 0 Å². The molecule has 0 radical (unpaired) electrons. The molecular formula is C27H32N4O3. The molecule has 0 saturated heterocycles. The summed E-state index contributed by atoms with van der Waals surface area (Å²) in [7, 11) is 0. The topological polar surface area (TPSA) is 104 Å². The zero-order valence-corrected chi connectivity index (χ0v) is 19.4. The molecule has 0 aliphatic carbocycles. The van der Waals surface area contributed by atoms with Gasteiger partial charge in [-0.3, -0.25) is 14.6 Å². The first-order valence-corrected chi connectivity index (χ1v) is 12.2. The molecule has 4 rings (SSSR count). The number of hydrogen-bond acceptors (Lipinski definition) is 5. The average Bonchev–Trinajstić information content (AvgIpc) is 2.85. The number of unbranched alkanes of at least 4 members (excludes halogenated alkanes) is 3. The molecule has 3 heterocycles. The van der Waals surface area contributed by atoms with E-state index in [1.807, 2.05) is 30.3 Å². The van der Waals surface area contributed by atoms with Crippen LogP contribution >= 0.6 is 0 Å². The number of pyridine rings is 2. The number of carboxylic acid groups (broad SMARTS) is 1. The number of anilines is 1. The Bertz CT molecular complexity index is 1150. The normalized spacial score (nSPS) is 13.6. The van der Waals surface area contributed by atoms with Gasteiger partial charge in [0.15, 0.2) is 0 Å². The van der Waals surface area contributed by atoms with Crippen molar-refractivity contribution in [3.8, 4) is 0 Å². The number of aliphatic carboxylic acids is 1. The Morgan fingerprint density at radius 2 is 1.94 bits per heavy atom. The van der Waals surface area contributed by atoms with Crippen LogP contribution < -0.4 is 10.6 Å². The minimum atomic E-state index is -0.954. The highest BCUT2D eigenvalue weighted by molar-refractivity contribution is 5.80. The van der Waals surface area contributed by atoms with Crippen molar-refractivity contribution in [3.63, 3.8) is 0 Å². The molecule has 0 bridgehead atoms. The van der Waals surface area contributed by atoms with E-state index in [1.54, 1.807) is 6.20 Å². The maximum Gasteiger partial charge on any atom is 0.305 e. The highest BCUT2D eigenvalue weighted by atomic mass is 16.4. The fraction of sp³-hybridized carbons (Fsp3) is 0.407. The van der Waals surface area contributed by atoms with Gasteiger partial charge in [0, 0.05) is 30.2 Å². The molecular weight excluding hydrogens is 428 g/mol. The lowest BCUT2D eigenvalue weighted by molar-refractivity contribution is -0.137. The second-order valence-electron chi connectivity index (χ2n) is 8.93. The number of hydrogen-bond donors (Lipinski definition) is 3. The van der Waals surface area contributed by atoms with Gasteiger partial charge in [-0.2, -0.15) is 0 Å². The van der Waals surface area contributed by atoms with Crippen molar-refractivity contribution in [3.05, 3.63) is 65.5 Å². The van der Waals surface area contributed by atoms with Crippen LogP contribution in [0.1, 0.15) is 67.8 Å². The predicted octanol–water partition coefficient (Wildman–Crippen LogP) is 4.81. The third-order valence-electron chi connectivity index (χ3n) is 6.27. The number of aromatic nitrogens is 2. The number of rotatable bonds is 11. The van der Waals surface area contributed by atoms with Gasteiger partial charge < -0.3 is 15.7 Å². The Kier molecular flexibility index (Phi) is 8.07. The Morgan fingerprint density at radius 1 is 1.09 bits per heavy atom. The number of nitrogens with zero attached hydrogens (tertiary/aromatic N) is 2. The quantitative estimate of drug-likeness (QED) is 0.355. The zero-order chi connectivity index (χ0) is 23.8. The predicted molar refractivity (Wildman–Crippen MR) is 133 cm³/mol. The first-order chi connectivity index (χ1) is 16.6. The Balaban J connectivity index is 1.21. The summed E-state index contributed by atoms with van der Waals surface area (Å²) >= 11 is 0. The summed E-state index contributed by atoms with van der Waals surface area (Å²) in [6.07, 6.45) is 8.88. The van der Waals surface area contributed by atoms with E-state index >= 15 is 0 Å². The molecule has 0 unspecified atom stereocenters. The Morgan fingerprint density at radius 3 is 2.82 bits per heavy atom. The van der Waals surface area contributed by atoms with Gasteiger partial charge in [0.05, 0.1) is 18.0 Å². The molecule has 1 amide bonds. The molecule has 1 aromatic carbocycles. The number of amides is 1. The molecule has 7 nitrogen and oxygen atoms in total. The first-order valence-electron chi connectivity index (χ1n) is 12.2. The first kappa shape index (κ1) is 23.7. The van der Waals surface area contributed by atoms with Crippen molar-refractivity contribution in [1.29, 1.82) is 0 Å². The summed E-state index contributed by atoms with van der Waals surface area (Å²) in [5.41, 5.74) is 3.98. The second kappa shape index (κ2) is 11.6. The van der Waals surface area contributed by atoms with Crippen LogP contribution in [0.15, 0.2) is 48.7 Å². The summed E-state index contributed by atoms with van der Waals surface area (Å²) in [5.74, 6) is -0.0377. The molecule has 3 N–H and O–H groups in total. The third-order valence-corrected chi connectivity index (χ3v) is 6.27. The van der Waals surface area contributed by atoms with Gasteiger partial charge in [0.2, 0.25) is 5.91 Å². The monoisotopic (exact) mass is 460 g/mol. The van der Waals surface area contributed by atoms with Crippen LogP contribution in [0.5, 0.6) is 0 Å². The van der Waals surface area contributed by atoms with Crippen LogP contribution in [0.4, 0.5) is 5.82 Å². The largest absolute Gasteiger partial charge is 0.481 e. The lowest BCUT2D eigenvalue weighted by atomic mass is 10.0. The fourth-order valence-electron chi connectivity index (χ4n) is 4.43. The summed E-state index contributed by atoms with van der Waals surface area (Å²) < 4.78 is 0. The van der Waals surface area contributed by atoms with Crippen molar-refractivity contribution in [2.45, 2.75) is 63.8 Å². The zero-order valence-electron chi connectivity index (χ0n) is 19.4. The molecule has 2 aromatic heterocycles. The molecule has 1 aliphatic heterocycles. The molecule has 178 valence electrons. The number of para-hydroxylation sites is 1. The van der Waals surface area contributed by atoms with Crippen LogP contribution in [-0.2, 0) is 22.4 Å². The van der Waals surface area contributed by atoms with E-state index in [0.29, 0.717) is 12.0 Å². The van der Waals surface area contributed by atoms with Crippen molar-refractivity contribution >= 4 is 28.6 Å². The molecule has 0 saturated carbocycles. The Labute approximate surface area is 200 Å². The highest BCUT2D eigenvalue weighted by Gasteiger charge is 2.19. The average molecular weight is 461 g/mol. The van der Waals surface area contributed by atoms with Crippen LogP contribution in [0.25, 0.3) is 10.9 Å². The van der Waals surface area contributed by atoms with E-state index in [1.165, 1.54) is 5.56 Å². The number of carbonyl (C=O) groups is 2. The Hall–Kier alpha value is -3.48. The van der Waals surface area contributed by atoms with Crippen LogP contribution in [-0.4, -0.2) is 33.5 Å². The summed E-state index contributed by atoms with van der Waals surface area (Å²) in [6, 6.07) is 13.3. The van der Waals surface area contributed by atoms with Gasteiger partial charge in [0.1, 0.15) is 5.82 Å². The molecule has 0 fully saturated rings. The SMILES string of the molecule is O=C(O)C[C@H](NC(=O)CCCCCCc1ccc2c(n1)NCCC2)c1cnc2ccccc2c1. The lowest BCUT2D eigenvalue weighted by Gasteiger charge is -2.18. The molecule has 3 aromatic rings. The smallest absolute Gasteiger partial charge is 0.305 e. The van der Waals surface area contributed by atoms with Gasteiger partial charge in [-0.15, -0.1) is 0 Å². The standard InChI is InChI=1S/C27H32N4O3/c32-25(12-4-2-1-3-10-22-14-13-19-9-7-15-28-27(19)30-22)31-24(17-26(33)34)21-16-20-8-5-6-11-23(20)29-18-21/h5-6,8,11,13-14,16,18,24H,1-4,7,9-10,12,15,17H2,(H,28,30)(H,31,32)(H,33,34)/t24-/m0/s1. The van der Waals surface area contributed by atoms with Crippen LogP contribution in [0.2, 0.25) is 0 Å². The third kappa shape index (κ3) is 6.53. The number of carbonyl (C=O) groups excluding carboxylic acids is 1. The van der Waals surface area contributed by atoms with Crippen molar-refractivity contribution < 1.29 is 14.7 Å². The number of aryl methyl sites for hydroxylation is 2. The minimum absolute atomic E-state index is 0.123. The number of benzene rings is 1. The van der Waals surface area contributed by atoms with E-state index < -0.39 is 12.0 Å². The van der Waals surface area contributed by atoms with Gasteiger partial charge in [-0.1, -0.05) is 37.1 Å². The van der Waals surface area contributed by atoms with Gasteiger partial charge >= 0.3 is 5.97 Å². The van der Waals surface area contributed by atoms with E-state index in [-0.39, 0.29) is 12.3 Å². The van der Waals surface area contributed by atoms with E-state index in [0.717, 1.165) is 73.9 Å². The highest BCUT2D eigenvalue weighted by Crippen LogP contribution is 2.22. The number of carboxylic acids is 1. The van der Waals surface area contributed by atoms with Gasteiger partial charge in [-0.05, 0) is 61.4 Å². The van der Waals surface area contributed by atoms with Crippen molar-refractivity contribution in [2.75, 3.05) is 11.9 Å². The molecule has 34 heavy (non-hydrogen) atoms. The van der Waals surface area contributed by atoms with E-state index in [9.17, 15) is 14.7 Å². The lowest BCUT2D eigenvalue weighted by Crippen LogP contribution is -2.30.